The van der Waals surface area contributed by atoms with Crippen molar-refractivity contribution in [2.45, 2.75) is 57.6 Å². The van der Waals surface area contributed by atoms with Crippen molar-refractivity contribution in [3.8, 4) is 0 Å². The predicted octanol–water partition coefficient (Wildman–Crippen LogP) is 4.35. The van der Waals surface area contributed by atoms with E-state index in [2.05, 4.69) is 5.32 Å². The summed E-state index contributed by atoms with van der Waals surface area (Å²) < 4.78 is 34.5. The van der Waals surface area contributed by atoms with Crippen LogP contribution in [0.4, 0.5) is 8.78 Å². The Balaban J connectivity index is 2.41. The van der Waals surface area contributed by atoms with Crippen LogP contribution in [0.3, 0.4) is 0 Å². The minimum atomic E-state index is -0.493. The Morgan fingerprint density at radius 3 is 2.33 bits per heavy atom. The van der Waals surface area contributed by atoms with Crippen LogP contribution in [0.1, 0.15) is 57.6 Å². The van der Waals surface area contributed by atoms with Crippen molar-refractivity contribution in [2.75, 3.05) is 13.2 Å². The smallest absolute Gasteiger partial charge is 0.131 e. The molecule has 118 valence electrons. The first kappa shape index (κ1) is 16.4. The quantitative estimate of drug-likeness (QED) is 0.807. The minimum Gasteiger partial charge on any atom is -0.373 e. The third-order valence-corrected chi connectivity index (χ3v) is 4.29. The van der Waals surface area contributed by atoms with Crippen molar-refractivity contribution in [3.63, 3.8) is 0 Å². The number of hydrogen-bond acceptors (Lipinski definition) is 2. The molecule has 1 aromatic rings. The van der Waals surface area contributed by atoms with Crippen LogP contribution >= 0.6 is 0 Å². The van der Waals surface area contributed by atoms with Gasteiger partial charge in [-0.1, -0.05) is 25.8 Å². The van der Waals surface area contributed by atoms with E-state index in [1.807, 2.05) is 13.8 Å². The molecule has 0 aromatic heterocycles. The van der Waals surface area contributed by atoms with Gasteiger partial charge in [0, 0.05) is 12.2 Å². The molecule has 0 heterocycles. The lowest BCUT2D eigenvalue weighted by Gasteiger charge is -2.38. The van der Waals surface area contributed by atoms with Crippen LogP contribution in [-0.2, 0) is 4.74 Å². The summed E-state index contributed by atoms with van der Waals surface area (Å²) in [5.74, 6) is -0.982. The first-order valence-corrected chi connectivity index (χ1v) is 7.96. The highest BCUT2D eigenvalue weighted by Crippen LogP contribution is 2.44. The second-order valence-electron chi connectivity index (χ2n) is 5.73. The van der Waals surface area contributed by atoms with Gasteiger partial charge in [0.2, 0.25) is 0 Å². The number of halogens is 2. The van der Waals surface area contributed by atoms with E-state index in [1.54, 1.807) is 0 Å². The molecule has 1 N–H and O–H groups in total. The van der Waals surface area contributed by atoms with Gasteiger partial charge in [0.1, 0.15) is 11.6 Å². The largest absolute Gasteiger partial charge is 0.373 e. The number of benzene rings is 1. The van der Waals surface area contributed by atoms with Crippen LogP contribution in [0.25, 0.3) is 0 Å². The standard InChI is InChI=1S/C17H25F2NO/c1-3-12-20-16(15-13(18)8-7-9-14(15)19)17(21-4-2)10-5-6-11-17/h7-9,16,20H,3-6,10-12H2,1-2H3. The highest BCUT2D eigenvalue weighted by atomic mass is 19.1. The summed E-state index contributed by atoms with van der Waals surface area (Å²) in [6.45, 7) is 5.26. The van der Waals surface area contributed by atoms with E-state index in [4.69, 9.17) is 4.74 Å². The zero-order chi connectivity index (χ0) is 15.3. The van der Waals surface area contributed by atoms with E-state index in [-0.39, 0.29) is 5.56 Å². The molecular weight excluding hydrogens is 272 g/mol. The summed E-state index contributed by atoms with van der Waals surface area (Å²) in [6, 6.07) is 3.63. The molecule has 1 unspecified atom stereocenters. The molecule has 0 spiro atoms. The normalized spacial score (nSPS) is 18.9. The number of ether oxygens (including phenoxy) is 1. The van der Waals surface area contributed by atoms with Crippen molar-refractivity contribution in [1.29, 1.82) is 0 Å². The zero-order valence-electron chi connectivity index (χ0n) is 12.9. The van der Waals surface area contributed by atoms with Crippen LogP contribution in [0.15, 0.2) is 18.2 Å². The third kappa shape index (κ3) is 3.43. The molecule has 1 aliphatic carbocycles. The van der Waals surface area contributed by atoms with E-state index in [1.165, 1.54) is 18.2 Å². The van der Waals surface area contributed by atoms with Crippen LogP contribution in [0.5, 0.6) is 0 Å². The summed E-state index contributed by atoms with van der Waals surface area (Å²) in [7, 11) is 0. The molecule has 1 aliphatic rings. The van der Waals surface area contributed by atoms with Crippen molar-refractivity contribution in [3.05, 3.63) is 35.4 Å². The molecule has 1 saturated carbocycles. The Morgan fingerprint density at radius 2 is 1.81 bits per heavy atom. The summed E-state index contributed by atoms with van der Waals surface area (Å²) >= 11 is 0. The average Bonchev–Trinajstić information content (AvgIpc) is 2.92. The molecule has 2 nitrogen and oxygen atoms in total. The maximum absolute atomic E-state index is 14.3. The minimum absolute atomic E-state index is 0.126. The highest BCUT2D eigenvalue weighted by Gasteiger charge is 2.44. The van der Waals surface area contributed by atoms with Crippen molar-refractivity contribution in [2.24, 2.45) is 0 Å². The fourth-order valence-corrected chi connectivity index (χ4v) is 3.40. The summed E-state index contributed by atoms with van der Waals surface area (Å²) in [5.41, 5.74) is -0.367. The molecule has 1 atom stereocenters. The van der Waals surface area contributed by atoms with Gasteiger partial charge in [0.25, 0.3) is 0 Å². The molecule has 1 aromatic carbocycles. The van der Waals surface area contributed by atoms with Gasteiger partial charge in [0.05, 0.1) is 11.6 Å². The first-order valence-electron chi connectivity index (χ1n) is 7.96. The molecule has 0 saturated heterocycles. The van der Waals surface area contributed by atoms with E-state index in [9.17, 15) is 8.78 Å². The summed E-state index contributed by atoms with van der Waals surface area (Å²) in [4.78, 5) is 0. The Hall–Kier alpha value is -1.00. The maximum atomic E-state index is 14.3. The maximum Gasteiger partial charge on any atom is 0.131 e. The van der Waals surface area contributed by atoms with Gasteiger partial charge < -0.3 is 10.1 Å². The monoisotopic (exact) mass is 297 g/mol. The van der Waals surface area contributed by atoms with Gasteiger partial charge >= 0.3 is 0 Å². The highest BCUT2D eigenvalue weighted by molar-refractivity contribution is 5.27. The number of hydrogen-bond donors (Lipinski definition) is 1. The topological polar surface area (TPSA) is 21.3 Å². The van der Waals surface area contributed by atoms with Crippen LogP contribution in [0, 0.1) is 11.6 Å². The first-order chi connectivity index (χ1) is 10.1. The molecule has 1 fully saturated rings. The zero-order valence-corrected chi connectivity index (χ0v) is 12.9. The van der Waals surface area contributed by atoms with Gasteiger partial charge in [-0.15, -0.1) is 0 Å². The molecule has 0 aliphatic heterocycles. The molecule has 0 amide bonds. The second kappa shape index (κ2) is 7.32. The van der Waals surface area contributed by atoms with Crippen LogP contribution in [-0.4, -0.2) is 18.8 Å². The SMILES string of the molecule is CCCNC(c1c(F)cccc1F)C1(OCC)CCCC1. The molecule has 0 radical (unpaired) electrons. The molecule has 21 heavy (non-hydrogen) atoms. The Morgan fingerprint density at radius 1 is 1.19 bits per heavy atom. The van der Waals surface area contributed by atoms with E-state index in [0.717, 1.165) is 32.1 Å². The van der Waals surface area contributed by atoms with Crippen molar-refractivity contribution < 1.29 is 13.5 Å². The summed E-state index contributed by atoms with van der Waals surface area (Å²) in [5, 5.41) is 3.33. The molecule has 2 rings (SSSR count). The molecule has 4 heteroatoms. The Labute approximate surface area is 125 Å². The van der Waals surface area contributed by atoms with Gasteiger partial charge in [-0.2, -0.15) is 0 Å². The van der Waals surface area contributed by atoms with Crippen molar-refractivity contribution >= 4 is 0 Å². The third-order valence-electron chi connectivity index (χ3n) is 4.29. The predicted molar refractivity (Wildman–Crippen MR) is 80.2 cm³/mol. The van der Waals surface area contributed by atoms with Gasteiger partial charge in [-0.05, 0) is 44.9 Å². The van der Waals surface area contributed by atoms with E-state index < -0.39 is 23.3 Å². The fraction of sp³-hybridized carbons (Fsp3) is 0.647. The van der Waals surface area contributed by atoms with Crippen LogP contribution in [0.2, 0.25) is 0 Å². The van der Waals surface area contributed by atoms with E-state index in [0.29, 0.717) is 13.2 Å². The van der Waals surface area contributed by atoms with Gasteiger partial charge in [0.15, 0.2) is 0 Å². The average molecular weight is 297 g/mol. The van der Waals surface area contributed by atoms with Crippen molar-refractivity contribution in [1.82, 2.24) is 5.32 Å². The van der Waals surface area contributed by atoms with Gasteiger partial charge in [-0.3, -0.25) is 0 Å². The van der Waals surface area contributed by atoms with E-state index >= 15 is 0 Å². The second-order valence-corrected chi connectivity index (χ2v) is 5.73. The van der Waals surface area contributed by atoms with Crippen LogP contribution < -0.4 is 5.32 Å². The summed E-state index contributed by atoms with van der Waals surface area (Å²) in [6.07, 6.45) is 4.68. The van der Waals surface area contributed by atoms with Gasteiger partial charge in [-0.25, -0.2) is 8.78 Å². The molecular formula is C17H25F2NO. The lowest BCUT2D eigenvalue weighted by Crippen LogP contribution is -2.45. The lowest BCUT2D eigenvalue weighted by molar-refractivity contribution is -0.0640. The number of nitrogens with one attached hydrogen (secondary N) is 1. The molecule has 0 bridgehead atoms. The Kier molecular flexibility index (Phi) is 5.71. The Bertz CT molecular complexity index is 438. The fourth-order valence-electron chi connectivity index (χ4n) is 3.40. The lowest BCUT2D eigenvalue weighted by atomic mass is 9.85. The number of rotatable bonds is 7.